The Hall–Kier alpha value is -1.35. The van der Waals surface area contributed by atoms with Crippen LogP contribution in [0.15, 0.2) is 36.5 Å². The average molecular weight is 351 g/mol. The van der Waals surface area contributed by atoms with Crippen LogP contribution in [0.25, 0.3) is 0 Å². The van der Waals surface area contributed by atoms with Crippen molar-refractivity contribution in [2.75, 3.05) is 6.61 Å². The number of carboxylic acid groups (broad SMARTS) is 1. The Morgan fingerprint density at radius 3 is 1.96 bits per heavy atom. The predicted octanol–water partition coefficient (Wildman–Crippen LogP) is 6.46. The maximum absolute atomic E-state index is 10.9. The molecular formula is C22H38O3. The zero-order valence-electron chi connectivity index (χ0n) is 16.5. The molecule has 144 valence electrons. The van der Waals surface area contributed by atoms with Crippen molar-refractivity contribution < 1.29 is 14.6 Å². The van der Waals surface area contributed by atoms with E-state index in [1.54, 1.807) is 13.8 Å². The fourth-order valence-corrected chi connectivity index (χ4v) is 2.29. The van der Waals surface area contributed by atoms with Gasteiger partial charge < -0.3 is 9.84 Å². The van der Waals surface area contributed by atoms with Crippen molar-refractivity contribution >= 4 is 5.97 Å². The molecule has 0 aliphatic carbocycles. The predicted molar refractivity (Wildman–Crippen MR) is 107 cm³/mol. The second kappa shape index (κ2) is 16.1. The Balaban J connectivity index is 3.35. The van der Waals surface area contributed by atoms with E-state index in [2.05, 4.69) is 43.4 Å². The molecule has 3 nitrogen and oxygen atoms in total. The third-order valence-corrected chi connectivity index (χ3v) is 4.02. The molecule has 0 amide bonds. The maximum atomic E-state index is 10.9. The van der Waals surface area contributed by atoms with Gasteiger partial charge in [0.1, 0.15) is 0 Å². The van der Waals surface area contributed by atoms with E-state index in [0.29, 0.717) is 6.61 Å². The molecule has 0 aliphatic rings. The van der Waals surface area contributed by atoms with Gasteiger partial charge in [0.05, 0.1) is 0 Å². The van der Waals surface area contributed by atoms with Gasteiger partial charge in [-0.05, 0) is 52.4 Å². The number of carboxylic acids is 1. The molecule has 0 aromatic heterocycles. The van der Waals surface area contributed by atoms with Gasteiger partial charge in [0.2, 0.25) is 0 Å². The van der Waals surface area contributed by atoms with Crippen LogP contribution < -0.4 is 0 Å². The van der Waals surface area contributed by atoms with Crippen molar-refractivity contribution in [3.05, 3.63) is 36.5 Å². The number of ether oxygens (including phenoxy) is 1. The summed E-state index contributed by atoms with van der Waals surface area (Å²) in [7, 11) is 0. The smallest absolute Gasteiger partial charge is 0.335 e. The minimum atomic E-state index is -1.06. The number of unbranched alkanes of at least 4 members (excludes halogenated alkanes) is 6. The van der Waals surface area contributed by atoms with Gasteiger partial charge in [0, 0.05) is 6.61 Å². The Morgan fingerprint density at radius 1 is 0.840 bits per heavy atom. The first-order chi connectivity index (χ1) is 12.0. The normalized spacial score (nSPS) is 12.8. The molecule has 0 saturated heterocycles. The molecule has 0 radical (unpaired) electrons. The van der Waals surface area contributed by atoms with Crippen molar-refractivity contribution in [2.45, 2.75) is 90.6 Å². The van der Waals surface area contributed by atoms with Crippen molar-refractivity contribution in [1.82, 2.24) is 0 Å². The van der Waals surface area contributed by atoms with E-state index in [4.69, 9.17) is 9.84 Å². The van der Waals surface area contributed by atoms with Gasteiger partial charge in [0.25, 0.3) is 0 Å². The van der Waals surface area contributed by atoms with Crippen LogP contribution in [-0.4, -0.2) is 23.3 Å². The first-order valence-electron chi connectivity index (χ1n) is 9.83. The number of allylic oxidation sites excluding steroid dienone is 6. The Labute approximate surface area is 154 Å². The van der Waals surface area contributed by atoms with E-state index in [1.807, 2.05) is 0 Å². The summed E-state index contributed by atoms with van der Waals surface area (Å²) in [5, 5.41) is 8.94. The molecule has 0 heterocycles. The van der Waals surface area contributed by atoms with E-state index in [0.717, 1.165) is 32.1 Å². The van der Waals surface area contributed by atoms with Gasteiger partial charge >= 0.3 is 5.97 Å². The fourth-order valence-electron chi connectivity index (χ4n) is 2.29. The minimum Gasteiger partial charge on any atom is -0.479 e. The molecule has 0 aromatic carbocycles. The third kappa shape index (κ3) is 15.9. The molecule has 0 spiro atoms. The molecule has 0 atom stereocenters. The zero-order valence-corrected chi connectivity index (χ0v) is 16.5. The lowest BCUT2D eigenvalue weighted by Crippen LogP contribution is -2.35. The Bertz CT molecular complexity index is 405. The lowest BCUT2D eigenvalue weighted by atomic mass is 10.1. The van der Waals surface area contributed by atoms with Crippen molar-refractivity contribution in [3.63, 3.8) is 0 Å². The van der Waals surface area contributed by atoms with Crippen LogP contribution in [0.3, 0.4) is 0 Å². The first-order valence-corrected chi connectivity index (χ1v) is 9.83. The van der Waals surface area contributed by atoms with E-state index in [-0.39, 0.29) is 0 Å². The number of aliphatic carboxylic acids is 1. The number of hydrogen-bond acceptors (Lipinski definition) is 2. The monoisotopic (exact) mass is 350 g/mol. The molecule has 0 bridgehead atoms. The van der Waals surface area contributed by atoms with Gasteiger partial charge in [-0.2, -0.15) is 0 Å². The second-order valence-corrected chi connectivity index (χ2v) is 6.87. The fraction of sp³-hybridized carbons (Fsp3) is 0.682. The molecule has 0 unspecified atom stereocenters. The highest BCUT2D eigenvalue weighted by atomic mass is 16.5. The third-order valence-electron chi connectivity index (χ3n) is 4.02. The van der Waals surface area contributed by atoms with E-state index >= 15 is 0 Å². The summed E-state index contributed by atoms with van der Waals surface area (Å²) >= 11 is 0. The molecule has 0 aromatic rings. The molecule has 3 heteroatoms. The Kier molecular flexibility index (Phi) is 15.3. The highest BCUT2D eigenvalue weighted by Gasteiger charge is 2.27. The lowest BCUT2D eigenvalue weighted by molar-refractivity contribution is -0.161. The van der Waals surface area contributed by atoms with Crippen LogP contribution in [0.5, 0.6) is 0 Å². The number of carbonyl (C=O) groups is 1. The molecule has 0 aliphatic heterocycles. The summed E-state index contributed by atoms with van der Waals surface area (Å²) in [6, 6.07) is 0. The largest absolute Gasteiger partial charge is 0.479 e. The van der Waals surface area contributed by atoms with Gasteiger partial charge in [-0.25, -0.2) is 4.79 Å². The van der Waals surface area contributed by atoms with Gasteiger partial charge in [-0.1, -0.05) is 69.1 Å². The van der Waals surface area contributed by atoms with Crippen LogP contribution >= 0.6 is 0 Å². The highest BCUT2D eigenvalue weighted by molar-refractivity contribution is 5.76. The van der Waals surface area contributed by atoms with E-state index < -0.39 is 11.6 Å². The van der Waals surface area contributed by atoms with Crippen molar-refractivity contribution in [3.8, 4) is 0 Å². The second-order valence-electron chi connectivity index (χ2n) is 6.87. The molecular weight excluding hydrogens is 312 g/mol. The van der Waals surface area contributed by atoms with Crippen molar-refractivity contribution in [2.24, 2.45) is 0 Å². The lowest BCUT2D eigenvalue weighted by Gasteiger charge is -2.19. The summed E-state index contributed by atoms with van der Waals surface area (Å²) in [6.45, 7) is 5.88. The van der Waals surface area contributed by atoms with Crippen LogP contribution in [0.2, 0.25) is 0 Å². The quantitative estimate of drug-likeness (QED) is 0.257. The summed E-state index contributed by atoms with van der Waals surface area (Å²) in [5.41, 5.74) is -1.06. The van der Waals surface area contributed by atoms with Crippen LogP contribution in [0.1, 0.15) is 85.0 Å². The summed E-state index contributed by atoms with van der Waals surface area (Å²) < 4.78 is 5.39. The van der Waals surface area contributed by atoms with Gasteiger partial charge in [0.15, 0.2) is 5.60 Å². The van der Waals surface area contributed by atoms with Gasteiger partial charge in [-0.15, -0.1) is 0 Å². The topological polar surface area (TPSA) is 46.5 Å². The maximum Gasteiger partial charge on any atom is 0.335 e. The molecule has 0 saturated carbocycles. The van der Waals surface area contributed by atoms with E-state index in [9.17, 15) is 4.79 Å². The number of hydrogen-bond donors (Lipinski definition) is 1. The average Bonchev–Trinajstić information content (AvgIpc) is 2.57. The molecule has 0 rings (SSSR count). The molecule has 25 heavy (non-hydrogen) atoms. The highest BCUT2D eigenvalue weighted by Crippen LogP contribution is 2.12. The summed E-state index contributed by atoms with van der Waals surface area (Å²) in [5.74, 6) is -0.899. The van der Waals surface area contributed by atoms with Crippen LogP contribution in [0.4, 0.5) is 0 Å². The standard InChI is InChI=1S/C22H38O3/c1-4-5-6-7-8-9-10-11-12-13-14-15-16-17-18-19-20-25-22(2,3)21(23)24/h5-6,8-9,11-12H,4,7,10,13-20H2,1-3H3,(H,23,24)/b6-5-,9-8-,12-11-. The van der Waals surface area contributed by atoms with Crippen molar-refractivity contribution in [1.29, 1.82) is 0 Å². The summed E-state index contributed by atoms with van der Waals surface area (Å²) in [6.07, 6.45) is 24.8. The number of rotatable bonds is 16. The Morgan fingerprint density at radius 2 is 1.36 bits per heavy atom. The van der Waals surface area contributed by atoms with Crippen LogP contribution in [-0.2, 0) is 9.53 Å². The first kappa shape index (κ1) is 23.6. The van der Waals surface area contributed by atoms with Gasteiger partial charge in [-0.3, -0.25) is 0 Å². The molecule has 0 fully saturated rings. The minimum absolute atomic E-state index is 0.532. The van der Waals surface area contributed by atoms with Crippen LogP contribution in [0, 0.1) is 0 Å². The summed E-state index contributed by atoms with van der Waals surface area (Å²) in [4.78, 5) is 10.9. The molecule has 1 N–H and O–H groups in total. The zero-order chi connectivity index (χ0) is 18.8. The SMILES string of the molecule is CC/C=C\C/C=C\C/C=C\CCCCCCCCOC(C)(C)C(=O)O. The van der Waals surface area contributed by atoms with E-state index in [1.165, 1.54) is 32.1 Å².